The summed E-state index contributed by atoms with van der Waals surface area (Å²) in [7, 11) is 0. The molecule has 0 radical (unpaired) electrons. The summed E-state index contributed by atoms with van der Waals surface area (Å²) in [6.07, 6.45) is 2.33. The highest BCUT2D eigenvalue weighted by Gasteiger charge is 2.27. The SMILES string of the molecule is CCCCN1c2ccc(-c3cccc4c3Sc3ccccc3S4)cc2Sc2cc(-c3cccc4c3Sc3ccccc3S4)ccc21. The number of fused-ring (bicyclic) bond motifs is 6. The van der Waals surface area contributed by atoms with Gasteiger partial charge in [0.15, 0.2) is 0 Å². The van der Waals surface area contributed by atoms with Crippen molar-refractivity contribution in [3.63, 3.8) is 0 Å². The molecule has 0 saturated heterocycles. The van der Waals surface area contributed by atoms with Crippen molar-refractivity contribution in [3.05, 3.63) is 121 Å². The van der Waals surface area contributed by atoms with Crippen molar-refractivity contribution in [3.8, 4) is 22.3 Å². The van der Waals surface area contributed by atoms with Crippen LogP contribution in [0.25, 0.3) is 22.3 Å². The molecule has 0 unspecified atom stereocenters. The van der Waals surface area contributed by atoms with E-state index >= 15 is 0 Å². The van der Waals surface area contributed by atoms with Crippen molar-refractivity contribution in [2.75, 3.05) is 11.4 Å². The number of rotatable bonds is 5. The minimum atomic E-state index is 1.02. The fraction of sp³-hybridized carbons (Fsp3) is 0.100. The normalized spacial score (nSPS) is 14.0. The lowest BCUT2D eigenvalue weighted by Crippen LogP contribution is -2.22. The first-order valence-corrected chi connectivity index (χ1v) is 19.7. The van der Waals surface area contributed by atoms with Gasteiger partial charge >= 0.3 is 0 Å². The lowest BCUT2D eigenvalue weighted by molar-refractivity contribution is 0.777. The van der Waals surface area contributed by atoms with Gasteiger partial charge in [0.2, 0.25) is 0 Å². The Balaban J connectivity index is 1.10. The van der Waals surface area contributed by atoms with E-state index in [0.717, 1.165) is 13.0 Å². The van der Waals surface area contributed by atoms with E-state index in [4.69, 9.17) is 0 Å². The molecule has 0 spiro atoms. The van der Waals surface area contributed by atoms with Crippen LogP contribution in [0.1, 0.15) is 19.8 Å². The first-order valence-electron chi connectivity index (χ1n) is 15.6. The van der Waals surface area contributed by atoms with Crippen LogP contribution in [0.3, 0.4) is 0 Å². The van der Waals surface area contributed by atoms with Crippen molar-refractivity contribution in [2.24, 2.45) is 0 Å². The molecule has 0 aliphatic carbocycles. The maximum absolute atomic E-state index is 2.56. The third-order valence-corrected chi connectivity index (χ3v) is 14.9. The molecule has 0 aromatic heterocycles. The Morgan fingerprint density at radius 2 is 0.870 bits per heavy atom. The molecule has 3 aliphatic heterocycles. The van der Waals surface area contributed by atoms with Crippen LogP contribution in [0.15, 0.2) is 170 Å². The van der Waals surface area contributed by atoms with E-state index in [0.29, 0.717) is 0 Å². The van der Waals surface area contributed by atoms with Crippen LogP contribution in [0.2, 0.25) is 0 Å². The minimum absolute atomic E-state index is 1.02. The van der Waals surface area contributed by atoms with Crippen molar-refractivity contribution in [1.82, 2.24) is 0 Å². The summed E-state index contributed by atoms with van der Waals surface area (Å²) in [5.41, 5.74) is 7.85. The zero-order valence-corrected chi connectivity index (χ0v) is 29.2. The van der Waals surface area contributed by atoms with Gasteiger partial charge in [0.05, 0.1) is 11.4 Å². The Hall–Kier alpha value is -3.13. The molecule has 0 N–H and O–H groups in total. The smallest absolute Gasteiger partial charge is 0.0553 e. The Morgan fingerprint density at radius 3 is 1.35 bits per heavy atom. The zero-order chi connectivity index (χ0) is 30.6. The van der Waals surface area contributed by atoms with Gasteiger partial charge in [-0.15, -0.1) is 0 Å². The number of hydrogen-bond donors (Lipinski definition) is 0. The molecule has 3 heterocycles. The molecular formula is C40H29NS5. The van der Waals surface area contributed by atoms with Crippen LogP contribution in [0.5, 0.6) is 0 Å². The standard InChI is InChI=1S/C40H29NS5/c1-2-3-22-41-29-20-18-25(27-10-8-16-35-39(27)45-33-14-6-4-12-31(33)42-35)23-37(29)44-38-24-26(19-21-30(38)41)28-11-9-17-36-40(28)46-34-15-7-5-13-32(34)43-36/h4-21,23-24H,2-3,22H2,1H3. The highest BCUT2D eigenvalue weighted by Crippen LogP contribution is 2.55. The number of nitrogens with zero attached hydrogens (tertiary/aromatic N) is 1. The van der Waals surface area contributed by atoms with Crippen molar-refractivity contribution < 1.29 is 0 Å². The Bertz CT molecular complexity index is 2010. The predicted octanol–water partition coefficient (Wildman–Crippen LogP) is 13.7. The quantitative estimate of drug-likeness (QED) is 0.176. The zero-order valence-electron chi connectivity index (χ0n) is 25.2. The minimum Gasteiger partial charge on any atom is -0.340 e. The first kappa shape index (κ1) is 29.0. The summed E-state index contributed by atoms with van der Waals surface area (Å²) in [4.78, 5) is 16.0. The fourth-order valence-electron chi connectivity index (χ4n) is 6.33. The van der Waals surface area contributed by atoms with E-state index in [1.165, 1.54) is 89.0 Å². The molecule has 6 aromatic carbocycles. The third-order valence-electron chi connectivity index (χ3n) is 8.60. The average molecular weight is 684 g/mol. The predicted molar refractivity (Wildman–Crippen MR) is 199 cm³/mol. The molecule has 0 fully saturated rings. The van der Waals surface area contributed by atoms with Crippen LogP contribution in [0, 0.1) is 0 Å². The summed E-state index contributed by atoms with van der Waals surface area (Å²) < 4.78 is 0. The molecule has 224 valence electrons. The fourth-order valence-corrected chi connectivity index (χ4v) is 12.3. The largest absolute Gasteiger partial charge is 0.340 e. The summed E-state index contributed by atoms with van der Waals surface area (Å²) in [6.45, 7) is 3.30. The summed E-state index contributed by atoms with van der Waals surface area (Å²) >= 11 is 9.51. The van der Waals surface area contributed by atoms with Crippen LogP contribution in [-0.4, -0.2) is 6.54 Å². The lowest BCUT2D eigenvalue weighted by Gasteiger charge is -2.34. The van der Waals surface area contributed by atoms with Gasteiger partial charge in [-0.1, -0.05) is 133 Å². The van der Waals surface area contributed by atoms with E-state index in [1.807, 2.05) is 58.8 Å². The van der Waals surface area contributed by atoms with Gasteiger partial charge in [0, 0.05) is 55.5 Å². The van der Waals surface area contributed by atoms with Gasteiger partial charge in [-0.25, -0.2) is 0 Å². The number of hydrogen-bond acceptors (Lipinski definition) is 6. The Morgan fingerprint density at radius 1 is 0.435 bits per heavy atom. The second kappa shape index (κ2) is 12.1. The second-order valence-corrected chi connectivity index (χ2v) is 16.9. The molecule has 46 heavy (non-hydrogen) atoms. The molecule has 1 nitrogen and oxygen atoms in total. The van der Waals surface area contributed by atoms with Gasteiger partial charge in [0.25, 0.3) is 0 Å². The van der Waals surface area contributed by atoms with Crippen molar-refractivity contribution >= 4 is 70.2 Å². The van der Waals surface area contributed by atoms with E-state index in [9.17, 15) is 0 Å². The molecule has 9 rings (SSSR count). The highest BCUT2D eigenvalue weighted by molar-refractivity contribution is 8.05. The molecule has 3 aliphatic rings. The van der Waals surface area contributed by atoms with E-state index in [-0.39, 0.29) is 0 Å². The number of benzene rings is 6. The Labute approximate surface area is 292 Å². The summed E-state index contributed by atoms with van der Waals surface area (Å²) in [5, 5.41) is 0. The maximum atomic E-state index is 2.56. The molecule has 0 amide bonds. The topological polar surface area (TPSA) is 3.24 Å². The highest BCUT2D eigenvalue weighted by atomic mass is 32.2. The van der Waals surface area contributed by atoms with Crippen LogP contribution >= 0.6 is 58.8 Å². The van der Waals surface area contributed by atoms with E-state index in [2.05, 4.69) is 133 Å². The average Bonchev–Trinajstić information content (AvgIpc) is 3.10. The maximum Gasteiger partial charge on any atom is 0.0553 e. The lowest BCUT2D eigenvalue weighted by atomic mass is 10.0. The van der Waals surface area contributed by atoms with Gasteiger partial charge in [0.1, 0.15) is 0 Å². The molecule has 0 atom stereocenters. The van der Waals surface area contributed by atoms with E-state index < -0.39 is 0 Å². The van der Waals surface area contributed by atoms with Gasteiger partial charge in [-0.3, -0.25) is 0 Å². The van der Waals surface area contributed by atoms with Crippen molar-refractivity contribution in [2.45, 2.75) is 68.7 Å². The Kier molecular flexibility index (Phi) is 7.67. The van der Waals surface area contributed by atoms with Crippen LogP contribution in [-0.2, 0) is 0 Å². The molecular weight excluding hydrogens is 655 g/mol. The number of anilines is 2. The summed E-state index contributed by atoms with van der Waals surface area (Å²) in [5.74, 6) is 0. The van der Waals surface area contributed by atoms with Crippen molar-refractivity contribution in [1.29, 1.82) is 0 Å². The van der Waals surface area contributed by atoms with Gasteiger partial charge in [-0.05, 0) is 89.3 Å². The van der Waals surface area contributed by atoms with Crippen LogP contribution in [0.4, 0.5) is 11.4 Å². The molecule has 6 heteroatoms. The van der Waals surface area contributed by atoms with Gasteiger partial charge < -0.3 is 4.90 Å². The molecule has 0 saturated carbocycles. The number of unbranched alkanes of at least 4 members (excludes halogenated alkanes) is 1. The first-order chi connectivity index (χ1) is 22.7. The van der Waals surface area contributed by atoms with Crippen LogP contribution < -0.4 is 4.90 Å². The summed E-state index contributed by atoms with van der Waals surface area (Å²) in [6, 6.07) is 45.3. The molecule has 0 bridgehead atoms. The molecule has 6 aromatic rings. The van der Waals surface area contributed by atoms with Gasteiger partial charge in [-0.2, -0.15) is 0 Å². The second-order valence-electron chi connectivity index (χ2n) is 11.5. The van der Waals surface area contributed by atoms with E-state index in [1.54, 1.807) is 0 Å². The monoisotopic (exact) mass is 683 g/mol. The third kappa shape index (κ3) is 5.10.